The number of carbonyl (C=O) groups excluding carboxylic acids is 1. The molecule has 92 valence electrons. The molecule has 0 radical (unpaired) electrons. The molecular formula is C11H15N3O2S. The minimum Gasteiger partial charge on any atom is -0.293 e. The summed E-state index contributed by atoms with van der Waals surface area (Å²) in [7, 11) is 0. The van der Waals surface area contributed by atoms with Crippen LogP contribution >= 0.6 is 11.3 Å². The van der Waals surface area contributed by atoms with Crippen LogP contribution in [0.5, 0.6) is 0 Å². The van der Waals surface area contributed by atoms with Gasteiger partial charge in [0.1, 0.15) is 17.2 Å². The van der Waals surface area contributed by atoms with E-state index in [2.05, 4.69) is 4.98 Å². The van der Waals surface area contributed by atoms with Crippen molar-refractivity contribution >= 4 is 22.6 Å². The van der Waals surface area contributed by atoms with E-state index in [1.807, 2.05) is 36.7 Å². The third-order valence-corrected chi connectivity index (χ3v) is 2.85. The summed E-state index contributed by atoms with van der Waals surface area (Å²) in [5.74, 6) is 0.789. The predicted molar refractivity (Wildman–Crippen MR) is 65.5 cm³/mol. The summed E-state index contributed by atoms with van der Waals surface area (Å²) >= 11 is 1.61. The zero-order valence-electron chi connectivity index (χ0n) is 10.1. The second-order valence-corrected chi connectivity index (χ2v) is 5.60. The Kier molecular flexibility index (Phi) is 3.17. The van der Waals surface area contributed by atoms with Gasteiger partial charge < -0.3 is 0 Å². The highest BCUT2D eigenvalue weighted by Crippen LogP contribution is 2.16. The Morgan fingerprint density at radius 3 is 3.00 bits per heavy atom. The van der Waals surface area contributed by atoms with E-state index >= 15 is 0 Å². The van der Waals surface area contributed by atoms with E-state index in [1.54, 1.807) is 17.5 Å². The fourth-order valence-corrected chi connectivity index (χ4v) is 2.20. The highest BCUT2D eigenvalue weighted by Gasteiger charge is 2.18. The molecule has 0 fully saturated rings. The highest BCUT2D eigenvalue weighted by molar-refractivity contribution is 7.15. The summed E-state index contributed by atoms with van der Waals surface area (Å²) in [6.07, 6.45) is 4.40. The van der Waals surface area contributed by atoms with Crippen LogP contribution in [0.25, 0.3) is 4.83 Å². The maximum Gasteiger partial charge on any atom is 0.233 e. The summed E-state index contributed by atoms with van der Waals surface area (Å²) in [4.78, 5) is 21.8. The van der Waals surface area contributed by atoms with Crippen molar-refractivity contribution in [1.82, 2.24) is 14.4 Å². The number of carbonyl (C=O) groups is 1. The zero-order chi connectivity index (χ0) is 12.5. The van der Waals surface area contributed by atoms with Gasteiger partial charge in [-0.25, -0.2) is 10.0 Å². The van der Waals surface area contributed by atoms with Crippen LogP contribution in [0.15, 0.2) is 17.8 Å². The second-order valence-electron chi connectivity index (χ2n) is 4.67. The first kappa shape index (κ1) is 12.1. The Hall–Kier alpha value is -1.40. The Balaban J connectivity index is 2.14. The van der Waals surface area contributed by atoms with Crippen molar-refractivity contribution in [3.8, 4) is 0 Å². The van der Waals surface area contributed by atoms with Crippen molar-refractivity contribution in [2.24, 2.45) is 0 Å². The average molecular weight is 253 g/mol. The number of rotatable bonds is 4. The van der Waals surface area contributed by atoms with E-state index in [9.17, 15) is 4.79 Å². The molecule has 0 atom stereocenters. The van der Waals surface area contributed by atoms with Crippen molar-refractivity contribution in [3.05, 3.63) is 23.6 Å². The molecule has 17 heavy (non-hydrogen) atoms. The summed E-state index contributed by atoms with van der Waals surface area (Å²) in [5, 5.41) is 3.25. The number of thiazole rings is 1. The quantitative estimate of drug-likeness (QED) is 0.619. The Labute approximate surface area is 104 Å². The van der Waals surface area contributed by atoms with Crippen LogP contribution in [0.4, 0.5) is 0 Å². The van der Waals surface area contributed by atoms with Crippen molar-refractivity contribution in [3.63, 3.8) is 0 Å². The molecule has 2 aromatic rings. The lowest BCUT2D eigenvalue weighted by atomic mass is 10.2. The topological polar surface area (TPSA) is 46.8 Å². The summed E-state index contributed by atoms with van der Waals surface area (Å²) < 4.78 is 1.95. The molecule has 2 rings (SSSR count). The molecule has 1 amide bonds. The average Bonchev–Trinajstić information content (AvgIpc) is 2.79. The van der Waals surface area contributed by atoms with Gasteiger partial charge in [0, 0.05) is 11.6 Å². The smallest absolute Gasteiger partial charge is 0.233 e. The van der Waals surface area contributed by atoms with E-state index in [1.165, 1.54) is 5.06 Å². The van der Waals surface area contributed by atoms with Gasteiger partial charge in [-0.3, -0.25) is 14.0 Å². The van der Waals surface area contributed by atoms with Gasteiger partial charge in [0.05, 0.1) is 11.8 Å². The lowest BCUT2D eigenvalue weighted by molar-refractivity contribution is -0.221. The number of nitrogens with zero attached hydrogens (tertiary/aromatic N) is 3. The molecule has 0 aliphatic carbocycles. The van der Waals surface area contributed by atoms with Gasteiger partial charge in [-0.1, -0.05) is 0 Å². The SMILES string of the molecule is CC(C)(C)ON(C=O)Cc1ncc2sccn12. The Morgan fingerprint density at radius 1 is 1.59 bits per heavy atom. The van der Waals surface area contributed by atoms with Crippen LogP contribution in [0.1, 0.15) is 26.6 Å². The molecule has 0 saturated heterocycles. The van der Waals surface area contributed by atoms with E-state index in [0.29, 0.717) is 13.0 Å². The van der Waals surface area contributed by atoms with Crippen LogP contribution in [-0.2, 0) is 16.2 Å². The van der Waals surface area contributed by atoms with Gasteiger partial charge >= 0.3 is 0 Å². The molecule has 0 aliphatic rings. The summed E-state index contributed by atoms with van der Waals surface area (Å²) in [5.41, 5.74) is -0.397. The number of hydrogen-bond donors (Lipinski definition) is 0. The zero-order valence-corrected chi connectivity index (χ0v) is 10.9. The molecule has 0 unspecified atom stereocenters. The summed E-state index contributed by atoms with van der Waals surface area (Å²) in [6.45, 7) is 6.03. The van der Waals surface area contributed by atoms with Crippen LogP contribution in [0, 0.1) is 0 Å². The summed E-state index contributed by atoms with van der Waals surface area (Å²) in [6, 6.07) is 0. The number of hydrogen-bond acceptors (Lipinski definition) is 4. The van der Waals surface area contributed by atoms with Crippen molar-refractivity contribution in [2.75, 3.05) is 0 Å². The van der Waals surface area contributed by atoms with E-state index in [-0.39, 0.29) is 0 Å². The maximum atomic E-state index is 10.9. The van der Waals surface area contributed by atoms with Crippen LogP contribution in [-0.4, -0.2) is 26.5 Å². The van der Waals surface area contributed by atoms with Crippen LogP contribution in [0.2, 0.25) is 0 Å². The number of imidazole rings is 1. The lowest BCUT2D eigenvalue weighted by Gasteiger charge is -2.26. The minimum absolute atomic E-state index is 0.339. The molecule has 0 bridgehead atoms. The highest BCUT2D eigenvalue weighted by atomic mass is 32.1. The molecule has 0 saturated carbocycles. The normalized spacial score (nSPS) is 11.9. The van der Waals surface area contributed by atoms with Gasteiger partial charge in [-0.15, -0.1) is 11.3 Å². The van der Waals surface area contributed by atoms with Gasteiger partial charge in [0.25, 0.3) is 0 Å². The number of hydroxylamine groups is 2. The molecule has 0 aliphatic heterocycles. The van der Waals surface area contributed by atoms with Gasteiger partial charge in [-0.05, 0) is 20.8 Å². The largest absolute Gasteiger partial charge is 0.293 e. The van der Waals surface area contributed by atoms with Gasteiger partial charge in [0.2, 0.25) is 6.41 Å². The Bertz CT molecular complexity index is 512. The minimum atomic E-state index is -0.397. The third kappa shape index (κ3) is 2.83. The van der Waals surface area contributed by atoms with Gasteiger partial charge in [-0.2, -0.15) is 0 Å². The third-order valence-electron chi connectivity index (χ3n) is 2.04. The fraction of sp³-hybridized carbons (Fsp3) is 0.455. The van der Waals surface area contributed by atoms with Crippen molar-refractivity contribution < 1.29 is 9.63 Å². The molecule has 0 N–H and O–H groups in total. The molecule has 2 heterocycles. The predicted octanol–water partition coefficient (Wildman–Crippen LogP) is 2.08. The maximum absolute atomic E-state index is 10.9. The number of aromatic nitrogens is 2. The molecule has 0 spiro atoms. The number of amides is 1. The van der Waals surface area contributed by atoms with E-state index < -0.39 is 5.60 Å². The monoisotopic (exact) mass is 253 g/mol. The number of fused-ring (bicyclic) bond motifs is 1. The first-order chi connectivity index (χ1) is 7.99. The van der Waals surface area contributed by atoms with Crippen molar-refractivity contribution in [1.29, 1.82) is 0 Å². The molecule has 6 heteroatoms. The second kappa shape index (κ2) is 4.46. The molecule has 5 nitrogen and oxygen atoms in total. The first-order valence-electron chi connectivity index (χ1n) is 5.30. The molecule has 2 aromatic heterocycles. The van der Waals surface area contributed by atoms with E-state index in [4.69, 9.17) is 4.84 Å². The van der Waals surface area contributed by atoms with Gasteiger partial charge in [0.15, 0.2) is 0 Å². The van der Waals surface area contributed by atoms with Crippen LogP contribution < -0.4 is 0 Å². The van der Waals surface area contributed by atoms with Crippen LogP contribution in [0.3, 0.4) is 0 Å². The lowest BCUT2D eigenvalue weighted by Crippen LogP contribution is -2.33. The molecule has 0 aromatic carbocycles. The standard InChI is InChI=1S/C11H15N3O2S/c1-11(2,3)16-13(8-15)7-9-12-6-10-14(9)4-5-17-10/h4-6,8H,7H2,1-3H3. The first-order valence-corrected chi connectivity index (χ1v) is 6.18. The molecular weight excluding hydrogens is 238 g/mol. The fourth-order valence-electron chi connectivity index (χ4n) is 1.49. The Morgan fingerprint density at radius 2 is 2.35 bits per heavy atom. The van der Waals surface area contributed by atoms with Crippen molar-refractivity contribution in [2.45, 2.75) is 32.9 Å². The van der Waals surface area contributed by atoms with E-state index in [0.717, 1.165) is 10.7 Å².